The predicted molar refractivity (Wildman–Crippen MR) is 99.1 cm³/mol. The lowest BCUT2D eigenvalue weighted by Crippen LogP contribution is -2.16. The molecule has 0 saturated carbocycles. The fourth-order valence-corrected chi connectivity index (χ4v) is 2.51. The first kappa shape index (κ1) is 17.2. The Balaban J connectivity index is 1.74. The van der Waals surface area contributed by atoms with Crippen LogP contribution in [0.2, 0.25) is 0 Å². The lowest BCUT2D eigenvalue weighted by molar-refractivity contribution is 0.0698. The highest BCUT2D eigenvalue weighted by Crippen LogP contribution is 2.25. The van der Waals surface area contributed by atoms with Crippen LogP contribution in [-0.2, 0) is 11.3 Å². The largest absolute Gasteiger partial charge is 0.478 e. The predicted octanol–water partition coefficient (Wildman–Crippen LogP) is 4.80. The van der Waals surface area contributed by atoms with Gasteiger partial charge in [-0.15, -0.1) is 0 Å². The quantitative estimate of drug-likeness (QED) is 0.695. The maximum absolute atomic E-state index is 12.0. The molecule has 3 aromatic rings. The number of carbonyl (C=O) groups excluding carboxylic acids is 1. The minimum Gasteiger partial charge on any atom is -0.478 e. The van der Waals surface area contributed by atoms with Crippen LogP contribution in [-0.4, -0.2) is 17.2 Å². The van der Waals surface area contributed by atoms with Gasteiger partial charge >= 0.3 is 12.1 Å². The third-order valence-corrected chi connectivity index (χ3v) is 3.81. The number of hydrogen-bond donors (Lipinski definition) is 2. The second-order valence-corrected chi connectivity index (χ2v) is 5.62. The van der Waals surface area contributed by atoms with Gasteiger partial charge in [0.1, 0.15) is 6.61 Å². The Bertz CT molecular complexity index is 908. The van der Waals surface area contributed by atoms with Crippen LogP contribution in [0.3, 0.4) is 0 Å². The van der Waals surface area contributed by atoms with Crippen molar-refractivity contribution in [2.45, 2.75) is 6.61 Å². The molecule has 0 fully saturated rings. The summed E-state index contributed by atoms with van der Waals surface area (Å²) in [6.07, 6.45) is -0.705. The van der Waals surface area contributed by atoms with E-state index in [9.17, 15) is 14.7 Å². The van der Waals surface area contributed by atoms with Crippen LogP contribution in [0.15, 0.2) is 78.9 Å². The van der Waals surface area contributed by atoms with Crippen molar-refractivity contribution in [2.24, 2.45) is 0 Å². The molecule has 0 aliphatic rings. The van der Waals surface area contributed by atoms with Crippen LogP contribution in [0.4, 0.5) is 10.5 Å². The van der Waals surface area contributed by atoms with E-state index in [1.165, 1.54) is 6.07 Å². The van der Waals surface area contributed by atoms with Crippen molar-refractivity contribution in [3.63, 3.8) is 0 Å². The number of carboxylic acids is 1. The Labute approximate surface area is 150 Å². The third-order valence-electron chi connectivity index (χ3n) is 3.81. The van der Waals surface area contributed by atoms with Crippen LogP contribution in [0, 0.1) is 0 Å². The fraction of sp³-hybridized carbons (Fsp3) is 0.0476. The van der Waals surface area contributed by atoms with Gasteiger partial charge in [-0.2, -0.15) is 0 Å². The van der Waals surface area contributed by atoms with Gasteiger partial charge in [-0.1, -0.05) is 66.7 Å². The summed E-state index contributed by atoms with van der Waals surface area (Å²) in [4.78, 5) is 23.6. The first-order valence-electron chi connectivity index (χ1n) is 8.04. The normalized spacial score (nSPS) is 10.2. The Morgan fingerprint density at radius 2 is 1.50 bits per heavy atom. The third kappa shape index (κ3) is 4.27. The molecule has 0 unspecified atom stereocenters. The molecule has 2 N–H and O–H groups in total. The molecule has 0 bridgehead atoms. The summed E-state index contributed by atoms with van der Waals surface area (Å²) in [5.41, 5.74) is 2.69. The van der Waals surface area contributed by atoms with Crippen molar-refractivity contribution in [3.8, 4) is 11.1 Å². The highest BCUT2D eigenvalue weighted by Gasteiger charge is 2.14. The van der Waals surface area contributed by atoms with Crippen LogP contribution in [0.25, 0.3) is 11.1 Å². The highest BCUT2D eigenvalue weighted by molar-refractivity contribution is 6.00. The molecule has 130 valence electrons. The summed E-state index contributed by atoms with van der Waals surface area (Å²) in [6, 6.07) is 23.5. The van der Waals surface area contributed by atoms with Gasteiger partial charge in [-0.05, 0) is 28.8 Å². The minimum atomic E-state index is -1.12. The maximum atomic E-state index is 12.0. The molecule has 1 amide bonds. The number of ether oxygens (including phenoxy) is 1. The van der Waals surface area contributed by atoms with Crippen molar-refractivity contribution in [1.82, 2.24) is 0 Å². The number of carbonyl (C=O) groups is 2. The molecule has 0 saturated heterocycles. The Morgan fingerprint density at radius 3 is 2.15 bits per heavy atom. The van der Waals surface area contributed by atoms with Crippen LogP contribution >= 0.6 is 0 Å². The average Bonchev–Trinajstić information content (AvgIpc) is 2.68. The summed E-state index contributed by atoms with van der Waals surface area (Å²) in [5, 5.41) is 12.0. The second kappa shape index (κ2) is 7.98. The van der Waals surface area contributed by atoms with Gasteiger partial charge in [-0.25, -0.2) is 9.59 Å². The van der Waals surface area contributed by atoms with Crippen molar-refractivity contribution in [1.29, 1.82) is 0 Å². The molecule has 0 heterocycles. The molecule has 3 rings (SSSR count). The molecule has 5 nitrogen and oxygen atoms in total. The van der Waals surface area contributed by atoms with Crippen LogP contribution in [0.5, 0.6) is 0 Å². The standard InChI is InChI=1S/C21H17NO4/c23-20(24)18-13-17(16-9-5-2-6-10-16)11-12-19(18)22-21(25)26-14-15-7-3-1-4-8-15/h1-13H,14H2,(H,22,25)(H,23,24). The summed E-state index contributed by atoms with van der Waals surface area (Å²) in [7, 11) is 0. The smallest absolute Gasteiger partial charge is 0.411 e. The minimum absolute atomic E-state index is 0.00279. The average molecular weight is 347 g/mol. The van der Waals surface area contributed by atoms with Gasteiger partial charge in [0.2, 0.25) is 0 Å². The lowest BCUT2D eigenvalue weighted by Gasteiger charge is -2.11. The molecule has 0 spiro atoms. The highest BCUT2D eigenvalue weighted by atomic mass is 16.5. The molecule has 26 heavy (non-hydrogen) atoms. The number of carboxylic acid groups (broad SMARTS) is 1. The van der Waals surface area contributed by atoms with Crippen molar-refractivity contribution >= 4 is 17.7 Å². The molecule has 0 aliphatic heterocycles. The zero-order valence-electron chi connectivity index (χ0n) is 13.9. The zero-order chi connectivity index (χ0) is 18.4. The molecule has 0 radical (unpaired) electrons. The summed E-state index contributed by atoms with van der Waals surface area (Å²) < 4.78 is 5.14. The van der Waals surface area contributed by atoms with E-state index >= 15 is 0 Å². The van der Waals surface area contributed by atoms with E-state index in [0.717, 1.165) is 16.7 Å². The van der Waals surface area contributed by atoms with Crippen LogP contribution < -0.4 is 5.32 Å². The molecular weight excluding hydrogens is 330 g/mol. The Hall–Kier alpha value is -3.60. The zero-order valence-corrected chi connectivity index (χ0v) is 13.9. The topological polar surface area (TPSA) is 75.6 Å². The molecule has 0 atom stereocenters. The van der Waals surface area contributed by atoms with E-state index in [1.54, 1.807) is 12.1 Å². The first-order valence-corrected chi connectivity index (χ1v) is 8.04. The molecule has 3 aromatic carbocycles. The van der Waals surface area contributed by atoms with E-state index in [-0.39, 0.29) is 17.9 Å². The van der Waals surface area contributed by atoms with Crippen molar-refractivity contribution in [2.75, 3.05) is 5.32 Å². The Morgan fingerprint density at radius 1 is 0.846 bits per heavy atom. The molecule has 0 aliphatic carbocycles. The number of anilines is 1. The van der Waals surface area contributed by atoms with Gasteiger partial charge in [0.15, 0.2) is 0 Å². The summed E-state index contributed by atoms with van der Waals surface area (Å²) >= 11 is 0. The van der Waals surface area contributed by atoms with Crippen molar-refractivity contribution in [3.05, 3.63) is 90.0 Å². The SMILES string of the molecule is O=C(Nc1ccc(-c2ccccc2)cc1C(=O)O)OCc1ccccc1. The fourth-order valence-electron chi connectivity index (χ4n) is 2.51. The van der Waals surface area contributed by atoms with Gasteiger partial charge < -0.3 is 9.84 Å². The number of hydrogen-bond acceptors (Lipinski definition) is 3. The van der Waals surface area contributed by atoms with Gasteiger partial charge in [0.05, 0.1) is 11.3 Å². The van der Waals surface area contributed by atoms with E-state index in [2.05, 4.69) is 5.32 Å². The molecule has 5 heteroatoms. The van der Waals surface area contributed by atoms with E-state index in [1.807, 2.05) is 60.7 Å². The van der Waals surface area contributed by atoms with Gasteiger partial charge in [-0.3, -0.25) is 5.32 Å². The maximum Gasteiger partial charge on any atom is 0.411 e. The summed E-state index contributed by atoms with van der Waals surface area (Å²) in [5.74, 6) is -1.12. The van der Waals surface area contributed by atoms with Crippen LogP contribution in [0.1, 0.15) is 15.9 Å². The monoisotopic (exact) mass is 347 g/mol. The van der Waals surface area contributed by atoms with Gasteiger partial charge in [0.25, 0.3) is 0 Å². The number of nitrogens with one attached hydrogen (secondary N) is 1. The van der Waals surface area contributed by atoms with E-state index < -0.39 is 12.1 Å². The van der Waals surface area contributed by atoms with Crippen molar-refractivity contribution < 1.29 is 19.4 Å². The molecule has 0 aromatic heterocycles. The van der Waals surface area contributed by atoms with E-state index in [0.29, 0.717) is 0 Å². The summed E-state index contributed by atoms with van der Waals surface area (Å²) in [6.45, 7) is 0.108. The second-order valence-electron chi connectivity index (χ2n) is 5.62. The number of benzene rings is 3. The number of rotatable bonds is 5. The Kier molecular flexibility index (Phi) is 5.29. The lowest BCUT2D eigenvalue weighted by atomic mass is 10.0. The number of amides is 1. The first-order chi connectivity index (χ1) is 12.6. The number of aromatic carboxylic acids is 1. The van der Waals surface area contributed by atoms with Gasteiger partial charge in [0, 0.05) is 0 Å². The van der Waals surface area contributed by atoms with E-state index in [4.69, 9.17) is 4.74 Å². The molecular formula is C21H17NO4.